The Hall–Kier alpha value is -2.72. The lowest BCUT2D eigenvalue weighted by Crippen LogP contribution is -2.29. The maximum atomic E-state index is 6.53. The average Bonchev–Trinajstić information content (AvgIpc) is 2.79. The van der Waals surface area contributed by atoms with Crippen LogP contribution in [0, 0.1) is 0 Å². The lowest BCUT2D eigenvalue weighted by atomic mass is 9.93. The van der Waals surface area contributed by atoms with Gasteiger partial charge in [-0.1, -0.05) is 18.2 Å². The molecular formula is C27H31N2OS+. The highest BCUT2D eigenvalue weighted by molar-refractivity contribution is 7.80. The summed E-state index contributed by atoms with van der Waals surface area (Å²) in [5, 5.41) is 2.30. The van der Waals surface area contributed by atoms with Crippen molar-refractivity contribution in [3.8, 4) is 22.5 Å². The number of fused-ring (bicyclic) bond motifs is 2. The van der Waals surface area contributed by atoms with Crippen LogP contribution in [0.25, 0.3) is 33.4 Å². The molecule has 3 nitrogen and oxygen atoms in total. The maximum absolute atomic E-state index is 6.53. The summed E-state index contributed by atoms with van der Waals surface area (Å²) >= 11 is 4.78. The predicted molar refractivity (Wildman–Crippen MR) is 135 cm³/mol. The summed E-state index contributed by atoms with van der Waals surface area (Å²) in [6.45, 7) is 12.6. The van der Waals surface area contributed by atoms with Gasteiger partial charge in [0.05, 0.1) is 6.07 Å². The molecule has 0 saturated carbocycles. The molecular weight excluding hydrogens is 400 g/mol. The first kappa shape index (κ1) is 21.5. The number of rotatable bonds is 6. The van der Waals surface area contributed by atoms with Crippen LogP contribution in [0.5, 0.6) is 0 Å². The number of hydrogen-bond acceptors (Lipinski definition) is 3. The third-order valence-corrected chi connectivity index (χ3v) is 6.51. The summed E-state index contributed by atoms with van der Waals surface area (Å²) in [5.74, 6) is 0.903. The van der Waals surface area contributed by atoms with Gasteiger partial charge in [-0.2, -0.15) is 0 Å². The van der Waals surface area contributed by atoms with Crippen molar-refractivity contribution in [2.75, 3.05) is 31.1 Å². The fraction of sp³-hybridized carbons (Fsp3) is 0.296. The molecule has 4 heteroatoms. The Labute approximate surface area is 190 Å². The van der Waals surface area contributed by atoms with E-state index in [1.165, 1.54) is 16.6 Å². The van der Waals surface area contributed by atoms with Gasteiger partial charge in [-0.25, -0.2) is 4.58 Å². The van der Waals surface area contributed by atoms with Gasteiger partial charge in [0.1, 0.15) is 24.4 Å². The molecule has 0 spiro atoms. The van der Waals surface area contributed by atoms with Crippen LogP contribution in [0.2, 0.25) is 0 Å². The largest absolute Gasteiger partial charge is 0.456 e. The third kappa shape index (κ3) is 3.97. The van der Waals surface area contributed by atoms with Gasteiger partial charge in [-0.05, 0) is 57.5 Å². The summed E-state index contributed by atoms with van der Waals surface area (Å²) < 4.78 is 8.87. The van der Waals surface area contributed by atoms with Crippen molar-refractivity contribution < 1.29 is 4.42 Å². The fourth-order valence-corrected chi connectivity index (χ4v) is 4.69. The second-order valence-electron chi connectivity index (χ2n) is 7.70. The Balaban J connectivity index is 2.11. The molecule has 1 heterocycles. The van der Waals surface area contributed by atoms with Gasteiger partial charge in [0.15, 0.2) is 0 Å². The van der Waals surface area contributed by atoms with Gasteiger partial charge in [-0.3, -0.25) is 0 Å². The number of hydrogen-bond donors (Lipinski definition) is 1. The van der Waals surface area contributed by atoms with Gasteiger partial charge >= 0.3 is 0 Å². The Bertz CT molecular complexity index is 1250. The minimum Gasteiger partial charge on any atom is -0.456 e. The normalized spacial score (nSPS) is 11.3. The topological polar surface area (TPSA) is 19.4 Å². The van der Waals surface area contributed by atoms with E-state index >= 15 is 0 Å². The highest BCUT2D eigenvalue weighted by Gasteiger charge is 2.20. The molecule has 31 heavy (non-hydrogen) atoms. The van der Waals surface area contributed by atoms with E-state index in [1.54, 1.807) is 0 Å². The van der Waals surface area contributed by atoms with E-state index in [-0.39, 0.29) is 0 Å². The Morgan fingerprint density at radius 1 is 0.839 bits per heavy atom. The second kappa shape index (κ2) is 9.19. The quantitative estimate of drug-likeness (QED) is 0.224. The standard InChI is InChI=1S/C27H30N2OS/c1-5-28(6-2)19-13-15-21-24(17-19)30-25-18-20(29(7-3)8-4)14-16-22(25)27(21)23-11-9-10-12-26(23)31/h9-18H,5-8H2,1-4H3/p+1. The van der Waals surface area contributed by atoms with Gasteiger partial charge in [-0.15, -0.1) is 12.6 Å². The molecule has 160 valence electrons. The lowest BCUT2D eigenvalue weighted by molar-refractivity contribution is 0.604. The van der Waals surface area contributed by atoms with Crippen LogP contribution in [0.15, 0.2) is 70.0 Å². The van der Waals surface area contributed by atoms with Crippen LogP contribution >= 0.6 is 12.6 Å². The molecule has 0 unspecified atom stereocenters. The van der Waals surface area contributed by atoms with Crippen molar-refractivity contribution in [3.63, 3.8) is 0 Å². The molecule has 4 rings (SSSR count). The van der Waals surface area contributed by atoms with Gasteiger partial charge in [0.2, 0.25) is 5.36 Å². The number of nitrogens with zero attached hydrogens (tertiary/aromatic N) is 2. The van der Waals surface area contributed by atoms with Gasteiger partial charge in [0.25, 0.3) is 0 Å². The predicted octanol–water partition coefficient (Wildman–Crippen LogP) is 6.15. The smallest absolute Gasteiger partial charge is 0.203 e. The first-order valence-corrected chi connectivity index (χ1v) is 11.7. The molecule has 0 radical (unpaired) electrons. The molecule has 1 aliphatic heterocycles. The summed E-state index contributed by atoms with van der Waals surface area (Å²) in [6.07, 6.45) is 0. The third-order valence-electron chi connectivity index (χ3n) is 6.12. The van der Waals surface area contributed by atoms with Gasteiger partial charge in [0, 0.05) is 52.3 Å². The molecule has 1 aliphatic carbocycles. The number of benzene rings is 3. The zero-order valence-electron chi connectivity index (χ0n) is 18.9. The van der Waals surface area contributed by atoms with Crippen molar-refractivity contribution in [1.29, 1.82) is 0 Å². The fourth-order valence-electron chi connectivity index (χ4n) is 4.41. The lowest BCUT2D eigenvalue weighted by Gasteiger charge is -2.22. The van der Waals surface area contributed by atoms with Crippen LogP contribution in [0.1, 0.15) is 27.7 Å². The SMILES string of the molecule is CCN(CC)c1ccc2c(-c3ccccc3S)c3ccc(=[N+](CC)CC)cc-3oc2c1. The summed E-state index contributed by atoms with van der Waals surface area (Å²) in [4.78, 5) is 3.31. The Morgan fingerprint density at radius 3 is 2.26 bits per heavy atom. The summed E-state index contributed by atoms with van der Waals surface area (Å²) in [7, 11) is 0. The first-order valence-electron chi connectivity index (χ1n) is 11.2. The van der Waals surface area contributed by atoms with Crippen molar-refractivity contribution >= 4 is 29.3 Å². The summed E-state index contributed by atoms with van der Waals surface area (Å²) in [5.41, 5.74) is 5.51. The van der Waals surface area contributed by atoms with Crippen LogP contribution in [-0.2, 0) is 0 Å². The monoisotopic (exact) mass is 431 g/mol. The highest BCUT2D eigenvalue weighted by Crippen LogP contribution is 2.42. The molecule has 0 aromatic heterocycles. The Kier molecular flexibility index (Phi) is 6.38. The molecule has 0 atom stereocenters. The highest BCUT2D eigenvalue weighted by atomic mass is 32.1. The number of anilines is 1. The molecule has 0 bridgehead atoms. The minimum absolute atomic E-state index is 0.903. The van der Waals surface area contributed by atoms with E-state index in [2.05, 4.69) is 91.8 Å². The molecule has 0 amide bonds. The van der Waals surface area contributed by atoms with Crippen LogP contribution in [-0.4, -0.2) is 26.2 Å². The van der Waals surface area contributed by atoms with Crippen molar-refractivity contribution in [3.05, 3.63) is 66.0 Å². The van der Waals surface area contributed by atoms with Crippen LogP contribution in [0.4, 0.5) is 5.69 Å². The molecule has 2 aromatic carbocycles. The minimum atomic E-state index is 0.903. The molecule has 2 aliphatic rings. The van der Waals surface area contributed by atoms with Crippen molar-refractivity contribution in [2.45, 2.75) is 32.6 Å². The van der Waals surface area contributed by atoms with E-state index in [0.29, 0.717) is 0 Å². The number of thiol groups is 1. The van der Waals surface area contributed by atoms with E-state index in [0.717, 1.165) is 58.9 Å². The Morgan fingerprint density at radius 2 is 1.58 bits per heavy atom. The summed E-state index contributed by atoms with van der Waals surface area (Å²) in [6, 6.07) is 21.4. The maximum Gasteiger partial charge on any atom is 0.203 e. The molecule has 2 aromatic rings. The molecule has 0 fully saturated rings. The van der Waals surface area contributed by atoms with Crippen LogP contribution in [0.3, 0.4) is 0 Å². The van der Waals surface area contributed by atoms with E-state index in [9.17, 15) is 0 Å². The zero-order valence-corrected chi connectivity index (χ0v) is 19.7. The van der Waals surface area contributed by atoms with E-state index in [1.807, 2.05) is 6.07 Å². The van der Waals surface area contributed by atoms with Crippen molar-refractivity contribution in [1.82, 2.24) is 4.58 Å². The van der Waals surface area contributed by atoms with E-state index in [4.69, 9.17) is 17.0 Å². The first-order chi connectivity index (χ1) is 15.1. The van der Waals surface area contributed by atoms with Gasteiger partial charge < -0.3 is 9.32 Å². The van der Waals surface area contributed by atoms with Crippen molar-refractivity contribution in [2.24, 2.45) is 0 Å². The zero-order chi connectivity index (χ0) is 22.0. The average molecular weight is 432 g/mol. The molecule has 0 N–H and O–H groups in total. The molecule has 0 saturated heterocycles. The second-order valence-corrected chi connectivity index (χ2v) is 8.18. The van der Waals surface area contributed by atoms with E-state index < -0.39 is 0 Å². The van der Waals surface area contributed by atoms with Crippen LogP contribution < -0.4 is 14.8 Å².